The van der Waals surface area contributed by atoms with E-state index in [9.17, 15) is 4.79 Å². The lowest BCUT2D eigenvalue weighted by atomic mass is 10.1. The second kappa shape index (κ2) is 6.65. The zero-order valence-corrected chi connectivity index (χ0v) is 13.1. The zero-order chi connectivity index (χ0) is 14.7. The smallest absolute Gasteiger partial charge is 0.242 e. The average molecular weight is 289 g/mol. The summed E-state index contributed by atoms with van der Waals surface area (Å²) in [5.41, 5.74) is 1.32. The molecule has 0 bridgehead atoms. The van der Waals surface area contributed by atoms with Crippen molar-refractivity contribution in [2.45, 2.75) is 51.1 Å². The SMILES string of the molecule is CNC(c1ccn(CC(=O)N2CCCCCC2)c1)C1CC1. The lowest BCUT2D eigenvalue weighted by Crippen LogP contribution is -2.34. The number of amides is 1. The summed E-state index contributed by atoms with van der Waals surface area (Å²) in [6, 6.07) is 2.62. The molecule has 1 aliphatic heterocycles. The number of aromatic nitrogens is 1. The third-order valence-corrected chi connectivity index (χ3v) is 4.81. The fraction of sp³-hybridized carbons (Fsp3) is 0.706. The van der Waals surface area contributed by atoms with Crippen LogP contribution in [0.5, 0.6) is 0 Å². The van der Waals surface area contributed by atoms with Gasteiger partial charge in [-0.2, -0.15) is 0 Å². The van der Waals surface area contributed by atoms with Gasteiger partial charge in [-0.15, -0.1) is 0 Å². The number of carbonyl (C=O) groups is 1. The van der Waals surface area contributed by atoms with Crippen molar-refractivity contribution in [2.24, 2.45) is 5.92 Å². The topological polar surface area (TPSA) is 37.3 Å². The minimum atomic E-state index is 0.270. The number of hydrogen-bond donors (Lipinski definition) is 1. The molecule has 1 amide bonds. The van der Waals surface area contributed by atoms with Crippen LogP contribution in [0.4, 0.5) is 0 Å². The van der Waals surface area contributed by atoms with Crippen LogP contribution in [0.1, 0.15) is 50.1 Å². The Hall–Kier alpha value is -1.29. The molecule has 1 saturated heterocycles. The Bertz CT molecular complexity index is 470. The molecule has 4 nitrogen and oxygen atoms in total. The molecule has 1 aromatic heterocycles. The minimum absolute atomic E-state index is 0.270. The van der Waals surface area contributed by atoms with E-state index in [1.807, 2.05) is 11.9 Å². The fourth-order valence-electron chi connectivity index (χ4n) is 3.42. The van der Waals surface area contributed by atoms with Gasteiger partial charge in [-0.3, -0.25) is 4.79 Å². The van der Waals surface area contributed by atoms with Crippen LogP contribution in [0.2, 0.25) is 0 Å². The third-order valence-electron chi connectivity index (χ3n) is 4.81. The number of nitrogens with one attached hydrogen (secondary N) is 1. The second-order valence-electron chi connectivity index (χ2n) is 6.52. The first-order valence-electron chi connectivity index (χ1n) is 8.38. The van der Waals surface area contributed by atoms with Crippen LogP contribution >= 0.6 is 0 Å². The molecule has 21 heavy (non-hydrogen) atoms. The van der Waals surface area contributed by atoms with Crippen molar-refractivity contribution in [1.29, 1.82) is 0 Å². The number of hydrogen-bond acceptors (Lipinski definition) is 2. The monoisotopic (exact) mass is 289 g/mol. The first-order valence-corrected chi connectivity index (χ1v) is 8.38. The zero-order valence-electron chi connectivity index (χ0n) is 13.1. The molecule has 0 radical (unpaired) electrons. The maximum atomic E-state index is 12.4. The maximum Gasteiger partial charge on any atom is 0.242 e. The molecular weight excluding hydrogens is 262 g/mol. The van der Waals surface area contributed by atoms with E-state index in [4.69, 9.17) is 0 Å². The highest BCUT2D eigenvalue weighted by Crippen LogP contribution is 2.40. The number of carbonyl (C=O) groups excluding carboxylic acids is 1. The van der Waals surface area contributed by atoms with Crippen LogP contribution in [0.25, 0.3) is 0 Å². The quantitative estimate of drug-likeness (QED) is 0.904. The molecule has 2 aliphatic rings. The lowest BCUT2D eigenvalue weighted by molar-refractivity contribution is -0.131. The van der Waals surface area contributed by atoms with Gasteiger partial charge in [0.15, 0.2) is 0 Å². The van der Waals surface area contributed by atoms with Crippen molar-refractivity contribution in [3.8, 4) is 0 Å². The molecule has 2 fully saturated rings. The number of rotatable bonds is 5. The highest BCUT2D eigenvalue weighted by molar-refractivity contribution is 5.76. The summed E-state index contributed by atoms with van der Waals surface area (Å²) in [6.07, 6.45) is 11.7. The summed E-state index contributed by atoms with van der Waals surface area (Å²) in [6.45, 7) is 2.36. The largest absolute Gasteiger partial charge is 0.345 e. The lowest BCUT2D eigenvalue weighted by Gasteiger charge is -2.20. The highest BCUT2D eigenvalue weighted by Gasteiger charge is 2.31. The van der Waals surface area contributed by atoms with Crippen molar-refractivity contribution >= 4 is 5.91 Å². The molecule has 1 atom stereocenters. The fourth-order valence-corrected chi connectivity index (χ4v) is 3.42. The van der Waals surface area contributed by atoms with Gasteiger partial charge in [0.05, 0.1) is 0 Å². The molecule has 0 aromatic carbocycles. The van der Waals surface area contributed by atoms with Crippen LogP contribution in [-0.4, -0.2) is 35.5 Å². The molecular formula is C17H27N3O. The van der Waals surface area contributed by atoms with E-state index in [2.05, 4.69) is 28.3 Å². The third kappa shape index (κ3) is 3.67. The van der Waals surface area contributed by atoms with Crippen molar-refractivity contribution in [2.75, 3.05) is 20.1 Å². The predicted octanol–water partition coefficient (Wildman–Crippen LogP) is 2.56. The summed E-state index contributed by atoms with van der Waals surface area (Å²) in [5.74, 6) is 1.05. The van der Waals surface area contributed by atoms with E-state index < -0.39 is 0 Å². The number of nitrogens with zero attached hydrogens (tertiary/aromatic N) is 2. The Labute approximate surface area is 127 Å². The highest BCUT2D eigenvalue weighted by atomic mass is 16.2. The molecule has 1 saturated carbocycles. The Kier molecular flexibility index (Phi) is 4.63. The van der Waals surface area contributed by atoms with E-state index in [1.165, 1.54) is 31.2 Å². The Morgan fingerprint density at radius 1 is 1.29 bits per heavy atom. The van der Waals surface area contributed by atoms with Crippen LogP contribution in [0, 0.1) is 5.92 Å². The van der Waals surface area contributed by atoms with E-state index in [-0.39, 0.29) is 5.91 Å². The average Bonchev–Trinajstić information content (AvgIpc) is 3.26. The first kappa shape index (κ1) is 14.6. The Morgan fingerprint density at radius 2 is 2.00 bits per heavy atom. The van der Waals surface area contributed by atoms with Crippen LogP contribution in [0.15, 0.2) is 18.5 Å². The first-order chi connectivity index (χ1) is 10.3. The maximum absolute atomic E-state index is 12.4. The predicted molar refractivity (Wildman–Crippen MR) is 84.0 cm³/mol. The molecule has 1 N–H and O–H groups in total. The molecule has 4 heteroatoms. The van der Waals surface area contributed by atoms with Crippen molar-refractivity contribution in [3.63, 3.8) is 0 Å². The van der Waals surface area contributed by atoms with Crippen LogP contribution in [-0.2, 0) is 11.3 Å². The Morgan fingerprint density at radius 3 is 2.62 bits per heavy atom. The number of likely N-dealkylation sites (tertiary alicyclic amines) is 1. The van der Waals surface area contributed by atoms with Gasteiger partial charge in [-0.05, 0) is 50.3 Å². The molecule has 2 heterocycles. The van der Waals surface area contributed by atoms with Gasteiger partial charge >= 0.3 is 0 Å². The van der Waals surface area contributed by atoms with Crippen molar-refractivity contribution in [3.05, 3.63) is 24.0 Å². The van der Waals surface area contributed by atoms with Crippen molar-refractivity contribution in [1.82, 2.24) is 14.8 Å². The van der Waals surface area contributed by atoms with Crippen LogP contribution < -0.4 is 5.32 Å². The van der Waals surface area contributed by atoms with Crippen LogP contribution in [0.3, 0.4) is 0 Å². The van der Waals surface area contributed by atoms with Gasteiger partial charge < -0.3 is 14.8 Å². The van der Waals surface area contributed by atoms with E-state index in [1.54, 1.807) is 0 Å². The van der Waals surface area contributed by atoms with Crippen molar-refractivity contribution < 1.29 is 4.79 Å². The second-order valence-corrected chi connectivity index (χ2v) is 6.52. The summed E-state index contributed by atoms with van der Waals surface area (Å²) in [7, 11) is 2.03. The van der Waals surface area contributed by atoms with Gasteiger partial charge in [0, 0.05) is 31.5 Å². The van der Waals surface area contributed by atoms with E-state index in [0.717, 1.165) is 31.8 Å². The standard InChI is InChI=1S/C17H27N3O/c1-18-17(14-6-7-14)15-8-11-19(12-15)13-16(21)20-9-4-2-3-5-10-20/h8,11-12,14,17-18H,2-7,9-10,13H2,1H3. The molecule has 3 rings (SSSR count). The minimum Gasteiger partial charge on any atom is -0.345 e. The summed E-state index contributed by atoms with van der Waals surface area (Å²) < 4.78 is 2.05. The molecule has 1 aliphatic carbocycles. The molecule has 1 unspecified atom stereocenters. The summed E-state index contributed by atoms with van der Waals surface area (Å²) >= 11 is 0. The molecule has 1 aromatic rings. The summed E-state index contributed by atoms with van der Waals surface area (Å²) in [4.78, 5) is 14.4. The van der Waals surface area contributed by atoms with E-state index >= 15 is 0 Å². The molecule has 0 spiro atoms. The van der Waals surface area contributed by atoms with Gasteiger partial charge in [-0.25, -0.2) is 0 Å². The van der Waals surface area contributed by atoms with Gasteiger partial charge in [0.2, 0.25) is 5.91 Å². The van der Waals surface area contributed by atoms with Gasteiger partial charge in [-0.1, -0.05) is 12.8 Å². The van der Waals surface area contributed by atoms with Gasteiger partial charge in [0.25, 0.3) is 0 Å². The summed E-state index contributed by atoms with van der Waals surface area (Å²) in [5, 5.41) is 3.41. The normalized spacial score (nSPS) is 21.1. The van der Waals surface area contributed by atoms with E-state index in [0.29, 0.717) is 12.6 Å². The van der Waals surface area contributed by atoms with Gasteiger partial charge in [0.1, 0.15) is 6.54 Å². The Balaban J connectivity index is 1.59. The molecule has 116 valence electrons.